The summed E-state index contributed by atoms with van der Waals surface area (Å²) in [5.74, 6) is 1.51. The van der Waals surface area contributed by atoms with Gasteiger partial charge in [-0.1, -0.05) is 32.6 Å². The SMILES string of the molecule is CCCCCCCOc1ccc(OCO)cc1. The summed E-state index contributed by atoms with van der Waals surface area (Å²) in [6.45, 7) is 2.69. The molecule has 1 aromatic rings. The quantitative estimate of drug-likeness (QED) is 0.529. The number of aliphatic hydroxyl groups is 1. The normalized spacial score (nSPS) is 10.2. The molecule has 0 heterocycles. The molecule has 0 aromatic heterocycles. The summed E-state index contributed by atoms with van der Waals surface area (Å²) < 4.78 is 10.5. The van der Waals surface area contributed by atoms with Crippen LogP contribution in [-0.4, -0.2) is 18.5 Å². The van der Waals surface area contributed by atoms with Crippen molar-refractivity contribution in [2.24, 2.45) is 0 Å². The molecule has 0 spiro atoms. The summed E-state index contributed by atoms with van der Waals surface area (Å²) in [4.78, 5) is 0. The van der Waals surface area contributed by atoms with Crippen molar-refractivity contribution < 1.29 is 14.6 Å². The minimum atomic E-state index is -0.294. The zero-order valence-electron chi connectivity index (χ0n) is 10.5. The second kappa shape index (κ2) is 8.88. The van der Waals surface area contributed by atoms with E-state index in [0.29, 0.717) is 5.75 Å². The molecule has 1 aromatic carbocycles. The van der Waals surface area contributed by atoms with Crippen LogP contribution < -0.4 is 9.47 Å². The van der Waals surface area contributed by atoms with Crippen molar-refractivity contribution >= 4 is 0 Å². The molecule has 0 bridgehead atoms. The third-order valence-corrected chi connectivity index (χ3v) is 2.57. The van der Waals surface area contributed by atoms with E-state index in [1.165, 1.54) is 25.7 Å². The fraction of sp³-hybridized carbons (Fsp3) is 0.571. The average molecular weight is 238 g/mol. The highest BCUT2D eigenvalue weighted by atomic mass is 16.6. The molecule has 0 fully saturated rings. The first-order chi connectivity index (χ1) is 8.36. The van der Waals surface area contributed by atoms with Gasteiger partial charge in [-0.05, 0) is 30.7 Å². The van der Waals surface area contributed by atoms with Crippen LogP contribution in [0.5, 0.6) is 11.5 Å². The highest BCUT2D eigenvalue weighted by molar-refractivity contribution is 5.31. The van der Waals surface area contributed by atoms with Gasteiger partial charge in [-0.25, -0.2) is 0 Å². The molecule has 0 aliphatic carbocycles. The summed E-state index contributed by atoms with van der Waals surface area (Å²) in [5, 5.41) is 8.58. The molecule has 0 unspecified atom stereocenters. The Morgan fingerprint density at radius 1 is 0.882 bits per heavy atom. The monoisotopic (exact) mass is 238 g/mol. The standard InChI is InChI=1S/C14H22O3/c1-2-3-4-5-6-11-16-13-7-9-14(10-8-13)17-12-15/h7-10,15H,2-6,11-12H2,1H3. The van der Waals surface area contributed by atoms with E-state index in [9.17, 15) is 0 Å². The van der Waals surface area contributed by atoms with Crippen molar-refractivity contribution in [1.82, 2.24) is 0 Å². The van der Waals surface area contributed by atoms with Crippen molar-refractivity contribution in [2.45, 2.75) is 39.0 Å². The van der Waals surface area contributed by atoms with Crippen LogP contribution in [0, 0.1) is 0 Å². The van der Waals surface area contributed by atoms with E-state index in [1.54, 1.807) is 12.1 Å². The fourth-order valence-corrected chi connectivity index (χ4v) is 1.60. The zero-order chi connectivity index (χ0) is 12.3. The van der Waals surface area contributed by atoms with Gasteiger partial charge in [0, 0.05) is 0 Å². The van der Waals surface area contributed by atoms with E-state index < -0.39 is 0 Å². The fourth-order valence-electron chi connectivity index (χ4n) is 1.60. The van der Waals surface area contributed by atoms with Gasteiger partial charge in [0.15, 0.2) is 6.79 Å². The Hall–Kier alpha value is -1.22. The molecule has 0 saturated carbocycles. The number of benzene rings is 1. The van der Waals surface area contributed by atoms with Gasteiger partial charge >= 0.3 is 0 Å². The Bertz CT molecular complexity index is 282. The molecular weight excluding hydrogens is 216 g/mol. The van der Waals surface area contributed by atoms with Crippen molar-refractivity contribution in [2.75, 3.05) is 13.4 Å². The first-order valence-corrected chi connectivity index (χ1v) is 6.33. The second-order valence-electron chi connectivity index (χ2n) is 4.01. The number of rotatable bonds is 9. The topological polar surface area (TPSA) is 38.7 Å². The molecule has 0 atom stereocenters. The van der Waals surface area contributed by atoms with E-state index in [-0.39, 0.29) is 6.79 Å². The predicted molar refractivity (Wildman–Crippen MR) is 68.4 cm³/mol. The van der Waals surface area contributed by atoms with Gasteiger partial charge in [0.2, 0.25) is 0 Å². The van der Waals surface area contributed by atoms with E-state index >= 15 is 0 Å². The lowest BCUT2D eigenvalue weighted by atomic mass is 10.2. The zero-order valence-corrected chi connectivity index (χ0v) is 10.5. The van der Waals surface area contributed by atoms with Gasteiger partial charge in [-0.15, -0.1) is 0 Å². The van der Waals surface area contributed by atoms with Crippen molar-refractivity contribution in [1.29, 1.82) is 0 Å². The molecule has 0 aliphatic heterocycles. The molecular formula is C14H22O3. The van der Waals surface area contributed by atoms with Crippen molar-refractivity contribution in [3.8, 4) is 11.5 Å². The molecule has 3 nitrogen and oxygen atoms in total. The van der Waals surface area contributed by atoms with Crippen LogP contribution >= 0.6 is 0 Å². The molecule has 1 rings (SSSR count). The van der Waals surface area contributed by atoms with E-state index in [1.807, 2.05) is 12.1 Å². The lowest BCUT2D eigenvalue weighted by Crippen LogP contribution is -1.98. The first-order valence-electron chi connectivity index (χ1n) is 6.33. The third-order valence-electron chi connectivity index (χ3n) is 2.57. The largest absolute Gasteiger partial charge is 0.494 e. The van der Waals surface area contributed by atoms with Gasteiger partial charge in [0.05, 0.1) is 6.61 Å². The number of unbranched alkanes of at least 4 members (excludes halogenated alkanes) is 4. The van der Waals surface area contributed by atoms with Crippen LogP contribution in [0.25, 0.3) is 0 Å². The van der Waals surface area contributed by atoms with Gasteiger partial charge in [-0.3, -0.25) is 0 Å². The second-order valence-corrected chi connectivity index (χ2v) is 4.01. The maximum absolute atomic E-state index is 8.58. The smallest absolute Gasteiger partial charge is 0.186 e. The Balaban J connectivity index is 2.14. The highest BCUT2D eigenvalue weighted by Crippen LogP contribution is 2.17. The lowest BCUT2D eigenvalue weighted by molar-refractivity contribution is 0.0984. The van der Waals surface area contributed by atoms with Crippen LogP contribution in [0.1, 0.15) is 39.0 Å². The summed E-state index contributed by atoms with van der Waals surface area (Å²) in [5.41, 5.74) is 0. The number of ether oxygens (including phenoxy) is 2. The first kappa shape index (κ1) is 13.8. The van der Waals surface area contributed by atoms with Gasteiger partial charge in [0.25, 0.3) is 0 Å². The summed E-state index contributed by atoms with van der Waals surface area (Å²) in [6, 6.07) is 7.30. The minimum Gasteiger partial charge on any atom is -0.494 e. The number of aliphatic hydroxyl groups excluding tert-OH is 1. The Kier molecular flexibility index (Phi) is 7.23. The average Bonchev–Trinajstić information content (AvgIpc) is 2.36. The van der Waals surface area contributed by atoms with E-state index in [4.69, 9.17) is 14.6 Å². The maximum atomic E-state index is 8.58. The highest BCUT2D eigenvalue weighted by Gasteiger charge is 1.96. The molecule has 0 aliphatic rings. The van der Waals surface area contributed by atoms with Gasteiger partial charge in [-0.2, -0.15) is 0 Å². The van der Waals surface area contributed by atoms with Crippen molar-refractivity contribution in [3.05, 3.63) is 24.3 Å². The lowest BCUT2D eigenvalue weighted by Gasteiger charge is -2.07. The van der Waals surface area contributed by atoms with E-state index in [2.05, 4.69) is 6.92 Å². The number of hydrogen-bond acceptors (Lipinski definition) is 3. The Morgan fingerprint density at radius 2 is 1.47 bits per heavy atom. The van der Waals surface area contributed by atoms with Crippen LogP contribution in [0.2, 0.25) is 0 Å². The predicted octanol–water partition coefficient (Wildman–Crippen LogP) is 3.36. The van der Waals surface area contributed by atoms with Gasteiger partial charge < -0.3 is 14.6 Å². The molecule has 1 N–H and O–H groups in total. The van der Waals surface area contributed by atoms with Crippen LogP contribution in [0.3, 0.4) is 0 Å². The molecule has 96 valence electrons. The Morgan fingerprint density at radius 3 is 2.06 bits per heavy atom. The van der Waals surface area contributed by atoms with E-state index in [0.717, 1.165) is 18.8 Å². The van der Waals surface area contributed by atoms with Crippen LogP contribution in [-0.2, 0) is 0 Å². The molecule has 0 saturated heterocycles. The molecule has 17 heavy (non-hydrogen) atoms. The van der Waals surface area contributed by atoms with Crippen LogP contribution in [0.4, 0.5) is 0 Å². The van der Waals surface area contributed by atoms with Crippen LogP contribution in [0.15, 0.2) is 24.3 Å². The molecule has 0 amide bonds. The maximum Gasteiger partial charge on any atom is 0.186 e. The molecule has 3 heteroatoms. The minimum absolute atomic E-state index is 0.294. The molecule has 0 radical (unpaired) electrons. The third kappa shape index (κ3) is 6.17. The summed E-state index contributed by atoms with van der Waals surface area (Å²) in [6.07, 6.45) is 6.22. The summed E-state index contributed by atoms with van der Waals surface area (Å²) >= 11 is 0. The Labute approximate surface area is 103 Å². The number of hydrogen-bond donors (Lipinski definition) is 1. The summed E-state index contributed by atoms with van der Waals surface area (Å²) in [7, 11) is 0. The van der Waals surface area contributed by atoms with Crippen molar-refractivity contribution in [3.63, 3.8) is 0 Å². The van der Waals surface area contributed by atoms with Gasteiger partial charge in [0.1, 0.15) is 11.5 Å².